The smallest absolute Gasteiger partial charge is 0.323 e. The number of ether oxygens (including phenoxy) is 2. The molecule has 3 aromatic rings. The fraction of sp³-hybridized carbons (Fsp3) is 0.357. The molecule has 4 rings (SSSR count). The Morgan fingerprint density at radius 1 is 0.971 bits per heavy atom. The summed E-state index contributed by atoms with van der Waals surface area (Å²) in [5.74, 6) is 2.59. The Morgan fingerprint density at radius 3 is 2.44 bits per heavy atom. The largest absolute Gasteiger partial charge is 0.490 e. The van der Waals surface area contributed by atoms with Gasteiger partial charge >= 0.3 is 6.03 Å². The van der Waals surface area contributed by atoms with Crippen molar-refractivity contribution in [2.75, 3.05) is 10.6 Å². The van der Waals surface area contributed by atoms with Crippen LogP contribution >= 0.6 is 0 Å². The first-order valence-electron chi connectivity index (χ1n) is 11.8. The predicted molar refractivity (Wildman–Crippen MR) is 136 cm³/mol. The minimum atomic E-state index is -0.375. The van der Waals surface area contributed by atoms with Crippen LogP contribution < -0.4 is 20.1 Å². The quantitative estimate of drug-likeness (QED) is 0.403. The van der Waals surface area contributed by atoms with E-state index in [-0.39, 0.29) is 17.6 Å². The molecule has 0 aliphatic heterocycles. The van der Waals surface area contributed by atoms with Crippen molar-refractivity contribution in [3.05, 3.63) is 72.4 Å². The highest BCUT2D eigenvalue weighted by molar-refractivity contribution is 6.00. The van der Waals surface area contributed by atoms with E-state index >= 15 is 0 Å². The second-order valence-electron chi connectivity index (χ2n) is 9.97. The highest BCUT2D eigenvalue weighted by Gasteiger charge is 2.23. The van der Waals surface area contributed by atoms with Crippen molar-refractivity contribution < 1.29 is 14.3 Å². The maximum Gasteiger partial charge on any atom is 0.323 e. The molecule has 2 aromatic carbocycles. The van der Waals surface area contributed by atoms with E-state index in [2.05, 4.69) is 43.3 Å². The van der Waals surface area contributed by atoms with Crippen LogP contribution in [0.15, 0.2) is 66.9 Å². The third-order valence-electron chi connectivity index (χ3n) is 5.98. The van der Waals surface area contributed by atoms with Crippen molar-refractivity contribution in [3.63, 3.8) is 0 Å². The number of carbonyl (C=O) groups excluding carboxylic acids is 1. The van der Waals surface area contributed by atoms with Crippen LogP contribution in [-0.4, -0.2) is 17.1 Å². The number of nitrogens with one attached hydrogen (secondary N) is 2. The number of hydrogen-bond donors (Lipinski definition) is 2. The van der Waals surface area contributed by atoms with Crippen molar-refractivity contribution in [3.8, 4) is 17.4 Å². The molecule has 1 heterocycles. The molecule has 2 N–H and O–H groups in total. The number of urea groups is 1. The van der Waals surface area contributed by atoms with E-state index in [9.17, 15) is 4.79 Å². The SMILES string of the molecule is CC1CCC(Oc2ccc(NC(=O)Nc3cccnc3Oc3ccccc3C(C)(C)C)cc2)C1. The van der Waals surface area contributed by atoms with Crippen LogP contribution in [0.1, 0.15) is 52.5 Å². The summed E-state index contributed by atoms with van der Waals surface area (Å²) in [5, 5.41) is 5.70. The monoisotopic (exact) mass is 459 g/mol. The van der Waals surface area contributed by atoms with Gasteiger partial charge in [-0.05, 0) is 73.1 Å². The van der Waals surface area contributed by atoms with Gasteiger partial charge in [0.2, 0.25) is 5.88 Å². The maximum atomic E-state index is 12.7. The van der Waals surface area contributed by atoms with Gasteiger partial charge in [-0.2, -0.15) is 0 Å². The number of amides is 2. The number of hydrogen-bond acceptors (Lipinski definition) is 4. The Hall–Kier alpha value is -3.54. The molecule has 0 radical (unpaired) electrons. The third-order valence-corrected chi connectivity index (χ3v) is 5.98. The molecule has 0 spiro atoms. The lowest BCUT2D eigenvalue weighted by atomic mass is 9.86. The number of anilines is 2. The van der Waals surface area contributed by atoms with E-state index in [1.807, 2.05) is 48.5 Å². The molecule has 2 unspecified atom stereocenters. The van der Waals surface area contributed by atoms with Gasteiger partial charge in [-0.1, -0.05) is 45.9 Å². The lowest BCUT2D eigenvalue weighted by Crippen LogP contribution is -2.20. The van der Waals surface area contributed by atoms with Crippen LogP contribution in [0.25, 0.3) is 0 Å². The van der Waals surface area contributed by atoms with Crippen molar-refractivity contribution in [1.29, 1.82) is 0 Å². The van der Waals surface area contributed by atoms with Gasteiger partial charge in [0, 0.05) is 17.4 Å². The standard InChI is InChI=1S/C28H33N3O3/c1-19-11-14-22(18-19)33-21-15-12-20(13-16-21)30-27(32)31-24-9-7-17-29-26(24)34-25-10-6-5-8-23(25)28(2,3)4/h5-10,12-13,15-17,19,22H,11,14,18H2,1-4H3,(H2,30,31,32). The minimum absolute atomic E-state index is 0.0950. The summed E-state index contributed by atoms with van der Waals surface area (Å²) in [5.41, 5.74) is 2.13. The molecule has 0 saturated heterocycles. The molecular formula is C28H33N3O3. The summed E-state index contributed by atoms with van der Waals surface area (Å²) in [4.78, 5) is 17.0. The molecule has 1 aromatic heterocycles. The Kier molecular flexibility index (Phi) is 7.06. The number of benzene rings is 2. The zero-order valence-electron chi connectivity index (χ0n) is 20.3. The molecule has 1 aliphatic carbocycles. The van der Waals surface area contributed by atoms with Gasteiger partial charge in [0.15, 0.2) is 0 Å². The molecule has 178 valence electrons. The molecule has 1 aliphatic rings. The summed E-state index contributed by atoms with van der Waals surface area (Å²) >= 11 is 0. The molecule has 2 atom stereocenters. The maximum absolute atomic E-state index is 12.7. The number of aromatic nitrogens is 1. The number of carbonyl (C=O) groups is 1. The highest BCUT2D eigenvalue weighted by atomic mass is 16.5. The number of pyridine rings is 1. The number of nitrogens with zero attached hydrogens (tertiary/aromatic N) is 1. The van der Waals surface area contributed by atoms with Gasteiger partial charge in [-0.25, -0.2) is 9.78 Å². The molecule has 1 fully saturated rings. The number of para-hydroxylation sites is 1. The topological polar surface area (TPSA) is 72.5 Å². The summed E-state index contributed by atoms with van der Waals surface area (Å²) in [7, 11) is 0. The molecule has 0 bridgehead atoms. The molecule has 1 saturated carbocycles. The highest BCUT2D eigenvalue weighted by Crippen LogP contribution is 2.35. The van der Waals surface area contributed by atoms with Crippen molar-refractivity contribution in [2.45, 2.75) is 58.5 Å². The second-order valence-corrected chi connectivity index (χ2v) is 9.97. The Balaban J connectivity index is 1.40. The van der Waals surface area contributed by atoms with Crippen molar-refractivity contribution in [1.82, 2.24) is 4.98 Å². The minimum Gasteiger partial charge on any atom is -0.490 e. The average molecular weight is 460 g/mol. The van der Waals surface area contributed by atoms with Gasteiger partial charge in [-0.15, -0.1) is 0 Å². The van der Waals surface area contributed by atoms with Crippen LogP contribution in [-0.2, 0) is 5.41 Å². The Bertz CT molecular complexity index is 1120. The zero-order valence-corrected chi connectivity index (χ0v) is 20.3. The summed E-state index contributed by atoms with van der Waals surface area (Å²) in [6, 6.07) is 18.5. The van der Waals surface area contributed by atoms with E-state index in [1.165, 1.54) is 6.42 Å². The number of rotatable bonds is 6. The molecule has 34 heavy (non-hydrogen) atoms. The third kappa shape index (κ3) is 6.07. The first-order valence-corrected chi connectivity index (χ1v) is 11.8. The fourth-order valence-corrected chi connectivity index (χ4v) is 4.20. The van der Waals surface area contributed by atoms with Crippen molar-refractivity contribution >= 4 is 17.4 Å². The van der Waals surface area contributed by atoms with Gasteiger partial charge in [0.25, 0.3) is 0 Å². The van der Waals surface area contributed by atoms with Crippen molar-refractivity contribution in [2.24, 2.45) is 5.92 Å². The lowest BCUT2D eigenvalue weighted by molar-refractivity contribution is 0.205. The van der Waals surface area contributed by atoms with E-state index in [0.717, 1.165) is 30.1 Å². The molecule has 2 amide bonds. The summed E-state index contributed by atoms with van der Waals surface area (Å²) in [6.45, 7) is 8.65. The summed E-state index contributed by atoms with van der Waals surface area (Å²) in [6.07, 6.45) is 5.33. The van der Waals surface area contributed by atoms with Crippen LogP contribution in [0.3, 0.4) is 0 Å². The lowest BCUT2D eigenvalue weighted by Gasteiger charge is -2.22. The van der Waals surface area contributed by atoms with Crippen LogP contribution in [0, 0.1) is 5.92 Å². The molecule has 6 heteroatoms. The van der Waals surface area contributed by atoms with E-state index in [0.29, 0.717) is 23.0 Å². The van der Waals surface area contributed by atoms with E-state index in [1.54, 1.807) is 18.3 Å². The normalized spacial score (nSPS) is 17.8. The first-order chi connectivity index (χ1) is 16.3. The second kappa shape index (κ2) is 10.2. The Morgan fingerprint density at radius 2 is 1.74 bits per heavy atom. The first kappa shape index (κ1) is 23.6. The Labute approximate surface area is 201 Å². The van der Waals surface area contributed by atoms with Gasteiger partial charge < -0.3 is 20.1 Å². The van der Waals surface area contributed by atoms with Gasteiger partial charge in [-0.3, -0.25) is 0 Å². The predicted octanol–water partition coefficient (Wildman–Crippen LogP) is 7.38. The van der Waals surface area contributed by atoms with E-state index in [4.69, 9.17) is 9.47 Å². The average Bonchev–Trinajstić information content (AvgIpc) is 3.20. The van der Waals surface area contributed by atoms with Crippen LogP contribution in [0.4, 0.5) is 16.2 Å². The fourth-order valence-electron chi connectivity index (χ4n) is 4.20. The van der Waals surface area contributed by atoms with Gasteiger partial charge in [0.1, 0.15) is 17.2 Å². The van der Waals surface area contributed by atoms with E-state index < -0.39 is 0 Å². The van der Waals surface area contributed by atoms with Crippen LogP contribution in [0.5, 0.6) is 17.4 Å². The zero-order chi connectivity index (χ0) is 24.1. The molecule has 6 nitrogen and oxygen atoms in total. The van der Waals surface area contributed by atoms with Gasteiger partial charge in [0.05, 0.1) is 6.10 Å². The van der Waals surface area contributed by atoms with Crippen LogP contribution in [0.2, 0.25) is 0 Å². The summed E-state index contributed by atoms with van der Waals surface area (Å²) < 4.78 is 12.2. The molecular weight excluding hydrogens is 426 g/mol.